The molecule has 5 nitrogen and oxygen atoms in total. The van der Waals surface area contributed by atoms with E-state index in [1.165, 1.54) is 12.1 Å². The van der Waals surface area contributed by atoms with E-state index >= 15 is 0 Å². The molecule has 3 rings (SSSR count). The van der Waals surface area contributed by atoms with E-state index in [0.717, 1.165) is 11.0 Å². The van der Waals surface area contributed by atoms with Crippen molar-refractivity contribution in [2.75, 3.05) is 11.9 Å². The summed E-state index contributed by atoms with van der Waals surface area (Å²) in [4.78, 5) is 37.1. The first-order chi connectivity index (χ1) is 11.1. The van der Waals surface area contributed by atoms with Crippen molar-refractivity contribution >= 4 is 23.4 Å². The molecule has 1 aliphatic rings. The zero-order valence-corrected chi connectivity index (χ0v) is 12.1. The summed E-state index contributed by atoms with van der Waals surface area (Å²) < 4.78 is 13.7. The highest BCUT2D eigenvalue weighted by molar-refractivity contribution is 6.21. The molecule has 0 aliphatic carbocycles. The molecule has 116 valence electrons. The van der Waals surface area contributed by atoms with E-state index in [-0.39, 0.29) is 30.0 Å². The summed E-state index contributed by atoms with van der Waals surface area (Å²) in [6.07, 6.45) is -0.0536. The molecule has 6 heteroatoms. The molecular formula is C17H13FN2O3. The molecule has 0 saturated carbocycles. The Morgan fingerprint density at radius 1 is 1.00 bits per heavy atom. The number of nitrogens with zero attached hydrogens (tertiary/aromatic N) is 1. The predicted molar refractivity (Wildman–Crippen MR) is 81.5 cm³/mol. The molecule has 0 radical (unpaired) electrons. The van der Waals surface area contributed by atoms with E-state index in [2.05, 4.69) is 5.32 Å². The molecule has 2 aromatic rings. The number of anilines is 1. The van der Waals surface area contributed by atoms with E-state index in [0.29, 0.717) is 5.69 Å². The zero-order chi connectivity index (χ0) is 16.4. The number of imide groups is 1. The first kappa shape index (κ1) is 14.9. The lowest BCUT2D eigenvalue weighted by molar-refractivity contribution is -0.116. The van der Waals surface area contributed by atoms with Gasteiger partial charge in [-0.3, -0.25) is 19.3 Å². The molecule has 1 heterocycles. The molecule has 0 spiro atoms. The lowest BCUT2D eigenvalue weighted by Gasteiger charge is -2.13. The Morgan fingerprint density at radius 3 is 2.43 bits per heavy atom. The third kappa shape index (κ3) is 2.83. The highest BCUT2D eigenvalue weighted by atomic mass is 19.1. The van der Waals surface area contributed by atoms with Crippen LogP contribution in [-0.4, -0.2) is 29.2 Å². The second kappa shape index (κ2) is 6.00. The molecule has 0 atom stereocenters. The van der Waals surface area contributed by atoms with Crippen molar-refractivity contribution in [2.45, 2.75) is 6.42 Å². The van der Waals surface area contributed by atoms with Crippen LogP contribution in [0.2, 0.25) is 0 Å². The van der Waals surface area contributed by atoms with Crippen molar-refractivity contribution in [1.82, 2.24) is 4.90 Å². The number of hydrogen-bond acceptors (Lipinski definition) is 3. The highest BCUT2D eigenvalue weighted by Gasteiger charge is 2.37. The van der Waals surface area contributed by atoms with Crippen molar-refractivity contribution in [3.63, 3.8) is 0 Å². The number of rotatable bonds is 4. The molecule has 0 unspecified atom stereocenters. The Balaban J connectivity index is 1.66. The fourth-order valence-electron chi connectivity index (χ4n) is 2.45. The number of para-hydroxylation sites is 1. The third-order valence-electron chi connectivity index (χ3n) is 3.57. The van der Waals surface area contributed by atoms with Gasteiger partial charge < -0.3 is 5.32 Å². The van der Waals surface area contributed by atoms with Crippen LogP contribution in [0, 0.1) is 5.82 Å². The summed E-state index contributed by atoms with van der Waals surface area (Å²) in [5.41, 5.74) is 0.449. The monoisotopic (exact) mass is 312 g/mol. The molecule has 2 aromatic carbocycles. The van der Waals surface area contributed by atoms with Crippen molar-refractivity contribution in [1.29, 1.82) is 0 Å². The van der Waals surface area contributed by atoms with Crippen LogP contribution in [-0.2, 0) is 4.79 Å². The average Bonchev–Trinajstić information content (AvgIpc) is 2.79. The van der Waals surface area contributed by atoms with Crippen LogP contribution in [0.5, 0.6) is 0 Å². The molecule has 0 fully saturated rings. The summed E-state index contributed by atoms with van der Waals surface area (Å²) in [5.74, 6) is -2.32. The number of fused-ring (bicyclic) bond motifs is 1. The number of halogens is 1. The SMILES string of the molecule is O=C(CCN1C(=O)c2cccc(F)c2C1=O)Nc1ccccc1. The van der Waals surface area contributed by atoms with E-state index in [4.69, 9.17) is 0 Å². The van der Waals surface area contributed by atoms with Gasteiger partial charge in [0.1, 0.15) is 5.82 Å². The van der Waals surface area contributed by atoms with E-state index < -0.39 is 17.6 Å². The minimum Gasteiger partial charge on any atom is -0.326 e. The molecule has 0 saturated heterocycles. The van der Waals surface area contributed by atoms with Crippen LogP contribution < -0.4 is 5.32 Å². The number of hydrogen-bond donors (Lipinski definition) is 1. The minimum absolute atomic E-state index is 0.0402. The van der Waals surface area contributed by atoms with E-state index in [1.54, 1.807) is 24.3 Å². The number of amides is 3. The molecule has 1 N–H and O–H groups in total. The fraction of sp³-hybridized carbons (Fsp3) is 0.118. The predicted octanol–water partition coefficient (Wildman–Crippen LogP) is 2.45. The van der Waals surface area contributed by atoms with Crippen LogP contribution in [0.3, 0.4) is 0 Å². The molecule has 0 bridgehead atoms. The maximum absolute atomic E-state index is 13.7. The summed E-state index contributed by atoms with van der Waals surface area (Å²) >= 11 is 0. The number of nitrogens with one attached hydrogen (secondary N) is 1. The summed E-state index contributed by atoms with van der Waals surface area (Å²) in [6, 6.07) is 12.8. The van der Waals surface area contributed by atoms with Crippen molar-refractivity contribution in [3.05, 3.63) is 65.5 Å². The molecule has 0 aromatic heterocycles. The van der Waals surface area contributed by atoms with Gasteiger partial charge >= 0.3 is 0 Å². The number of carbonyl (C=O) groups excluding carboxylic acids is 3. The molecular weight excluding hydrogens is 299 g/mol. The maximum atomic E-state index is 13.7. The van der Waals surface area contributed by atoms with Gasteiger partial charge in [-0.1, -0.05) is 24.3 Å². The van der Waals surface area contributed by atoms with Gasteiger partial charge in [-0.15, -0.1) is 0 Å². The third-order valence-corrected chi connectivity index (χ3v) is 3.57. The first-order valence-corrected chi connectivity index (χ1v) is 7.07. The second-order valence-corrected chi connectivity index (χ2v) is 5.09. The normalized spacial score (nSPS) is 13.2. The molecule has 3 amide bonds. The van der Waals surface area contributed by atoms with Crippen LogP contribution in [0.4, 0.5) is 10.1 Å². The molecule has 1 aliphatic heterocycles. The van der Waals surface area contributed by atoms with Crippen molar-refractivity contribution < 1.29 is 18.8 Å². The quantitative estimate of drug-likeness (QED) is 0.882. The van der Waals surface area contributed by atoms with Gasteiger partial charge in [-0.2, -0.15) is 0 Å². The van der Waals surface area contributed by atoms with Crippen LogP contribution in [0.25, 0.3) is 0 Å². The Kier molecular flexibility index (Phi) is 3.89. The standard InChI is InChI=1S/C17H13FN2O3/c18-13-8-4-7-12-15(13)17(23)20(16(12)22)10-9-14(21)19-11-5-2-1-3-6-11/h1-8H,9-10H2,(H,19,21). The Morgan fingerprint density at radius 2 is 1.74 bits per heavy atom. The average molecular weight is 312 g/mol. The smallest absolute Gasteiger partial charge is 0.264 e. The highest BCUT2D eigenvalue weighted by Crippen LogP contribution is 2.25. The van der Waals surface area contributed by atoms with Gasteiger partial charge in [0.25, 0.3) is 11.8 Å². The van der Waals surface area contributed by atoms with Gasteiger partial charge in [0.2, 0.25) is 5.91 Å². The van der Waals surface area contributed by atoms with Crippen LogP contribution in [0.15, 0.2) is 48.5 Å². The second-order valence-electron chi connectivity index (χ2n) is 5.09. The summed E-state index contributed by atoms with van der Waals surface area (Å²) in [6.45, 7) is -0.0928. The van der Waals surface area contributed by atoms with E-state index in [9.17, 15) is 18.8 Å². The molecule has 23 heavy (non-hydrogen) atoms. The number of carbonyl (C=O) groups is 3. The van der Waals surface area contributed by atoms with Crippen LogP contribution >= 0.6 is 0 Å². The van der Waals surface area contributed by atoms with Crippen molar-refractivity contribution in [3.8, 4) is 0 Å². The topological polar surface area (TPSA) is 66.5 Å². The maximum Gasteiger partial charge on any atom is 0.264 e. The minimum atomic E-state index is -0.725. The summed E-state index contributed by atoms with van der Waals surface area (Å²) in [7, 11) is 0. The Hall–Kier alpha value is -3.02. The zero-order valence-electron chi connectivity index (χ0n) is 12.1. The van der Waals surface area contributed by atoms with Gasteiger partial charge in [-0.05, 0) is 24.3 Å². The Bertz CT molecular complexity index is 790. The van der Waals surface area contributed by atoms with E-state index in [1.807, 2.05) is 6.07 Å². The lowest BCUT2D eigenvalue weighted by atomic mass is 10.1. The number of benzene rings is 2. The first-order valence-electron chi connectivity index (χ1n) is 7.07. The van der Waals surface area contributed by atoms with Gasteiger partial charge in [0.05, 0.1) is 11.1 Å². The summed E-state index contributed by atoms with van der Waals surface area (Å²) in [5, 5.41) is 2.67. The Labute approximate surface area is 131 Å². The van der Waals surface area contributed by atoms with Gasteiger partial charge in [0.15, 0.2) is 0 Å². The van der Waals surface area contributed by atoms with Crippen LogP contribution in [0.1, 0.15) is 27.1 Å². The van der Waals surface area contributed by atoms with Gasteiger partial charge in [0, 0.05) is 18.7 Å². The lowest BCUT2D eigenvalue weighted by Crippen LogP contribution is -2.33. The van der Waals surface area contributed by atoms with Gasteiger partial charge in [-0.25, -0.2) is 4.39 Å². The largest absolute Gasteiger partial charge is 0.326 e. The fourth-order valence-corrected chi connectivity index (χ4v) is 2.45. The van der Waals surface area contributed by atoms with Crippen molar-refractivity contribution in [2.24, 2.45) is 0 Å².